The van der Waals surface area contributed by atoms with Crippen molar-refractivity contribution in [2.75, 3.05) is 19.8 Å². The van der Waals surface area contributed by atoms with Gasteiger partial charge in [-0.05, 0) is 89.3 Å². The molecule has 1 saturated heterocycles. The number of hydrogen-bond acceptors (Lipinski definition) is 7. The van der Waals surface area contributed by atoms with E-state index in [9.17, 15) is 14.4 Å². The van der Waals surface area contributed by atoms with E-state index in [1.54, 1.807) is 30.3 Å². The van der Waals surface area contributed by atoms with Crippen molar-refractivity contribution in [1.29, 1.82) is 0 Å². The van der Waals surface area contributed by atoms with Crippen molar-refractivity contribution in [1.82, 2.24) is 4.90 Å². The molecule has 0 radical (unpaired) electrons. The van der Waals surface area contributed by atoms with Crippen LogP contribution in [-0.4, -0.2) is 41.8 Å². The van der Waals surface area contributed by atoms with E-state index in [4.69, 9.17) is 14.2 Å². The Bertz CT molecular complexity index is 1720. The topological polar surface area (TPSA) is 82.1 Å². The van der Waals surface area contributed by atoms with Crippen LogP contribution in [0, 0.1) is 6.92 Å². The minimum absolute atomic E-state index is 0.140. The fourth-order valence-electron chi connectivity index (χ4n) is 4.86. The lowest BCUT2D eigenvalue weighted by atomic mass is 10.0. The number of rotatable bonds is 10. The maximum absolute atomic E-state index is 13.1. The maximum atomic E-state index is 13.1. The van der Waals surface area contributed by atoms with Gasteiger partial charge >= 0.3 is 5.97 Å². The third-order valence-corrected chi connectivity index (χ3v) is 7.92. The van der Waals surface area contributed by atoms with Crippen molar-refractivity contribution in [3.63, 3.8) is 0 Å². The monoisotopic (exact) mass is 595 g/mol. The number of carbonyl (C=O) groups is 3. The summed E-state index contributed by atoms with van der Waals surface area (Å²) in [6, 6.07) is 24.2. The van der Waals surface area contributed by atoms with Crippen LogP contribution >= 0.6 is 11.8 Å². The largest absolute Gasteiger partial charge is 0.491 e. The van der Waals surface area contributed by atoms with E-state index in [0.717, 1.165) is 39.4 Å². The Kier molecular flexibility index (Phi) is 9.16. The zero-order chi connectivity index (χ0) is 30.5. The third kappa shape index (κ3) is 6.75. The van der Waals surface area contributed by atoms with Crippen molar-refractivity contribution >= 4 is 45.7 Å². The smallest absolute Gasteiger partial charge is 0.344 e. The molecular weight excluding hydrogens is 562 g/mol. The summed E-state index contributed by atoms with van der Waals surface area (Å²) in [6.07, 6.45) is 1.64. The van der Waals surface area contributed by atoms with Crippen LogP contribution in [0.3, 0.4) is 0 Å². The first kappa shape index (κ1) is 29.9. The van der Waals surface area contributed by atoms with Crippen LogP contribution in [-0.2, 0) is 4.79 Å². The Morgan fingerprint density at radius 3 is 2.49 bits per heavy atom. The number of nitrogens with zero attached hydrogens (tertiary/aromatic N) is 1. The second kappa shape index (κ2) is 13.2. The standard InChI is InChI=1S/C35H33NO6S/c1-5-40-31-20-24(14-16-29(31)42-34(38)28-12-8-10-25-9-6-7-11-27(25)28)21-32-33(37)36(35(39)43-32)17-18-41-30-19-23(4)13-15-26(30)22(2)3/h6-16,19-22H,5,17-18H2,1-4H3/b32-21-. The normalized spacial score (nSPS) is 14.2. The molecule has 5 rings (SSSR count). The van der Waals surface area contributed by atoms with Gasteiger partial charge < -0.3 is 14.2 Å². The molecule has 0 spiro atoms. The summed E-state index contributed by atoms with van der Waals surface area (Å²) in [5.74, 6) is 0.791. The number of fused-ring (bicyclic) bond motifs is 1. The summed E-state index contributed by atoms with van der Waals surface area (Å²) in [5, 5.41) is 1.39. The highest BCUT2D eigenvalue weighted by molar-refractivity contribution is 8.18. The van der Waals surface area contributed by atoms with Gasteiger partial charge in [-0.2, -0.15) is 0 Å². The van der Waals surface area contributed by atoms with Crippen molar-refractivity contribution in [3.8, 4) is 17.2 Å². The van der Waals surface area contributed by atoms with Gasteiger partial charge in [0.05, 0.1) is 23.6 Å². The van der Waals surface area contributed by atoms with Crippen LogP contribution in [0.5, 0.6) is 17.2 Å². The maximum Gasteiger partial charge on any atom is 0.344 e. The van der Waals surface area contributed by atoms with Crippen LogP contribution in [0.1, 0.15) is 53.7 Å². The molecule has 4 aromatic rings. The number of carbonyl (C=O) groups excluding carboxylic acids is 3. The van der Waals surface area contributed by atoms with Gasteiger partial charge in [0, 0.05) is 0 Å². The highest BCUT2D eigenvalue weighted by atomic mass is 32.2. The molecule has 1 heterocycles. The Hall–Kier alpha value is -4.56. The number of imide groups is 1. The number of thioether (sulfide) groups is 1. The second-order valence-corrected chi connectivity index (χ2v) is 11.4. The number of ether oxygens (including phenoxy) is 3. The van der Waals surface area contributed by atoms with Crippen molar-refractivity contribution in [2.45, 2.75) is 33.6 Å². The SMILES string of the molecule is CCOc1cc(/C=C2\SC(=O)N(CCOc3cc(C)ccc3C(C)C)C2=O)ccc1OC(=O)c1cccc2ccccc12. The van der Waals surface area contributed by atoms with Gasteiger partial charge in [0.1, 0.15) is 12.4 Å². The molecule has 1 aliphatic heterocycles. The van der Waals surface area contributed by atoms with E-state index in [1.807, 2.05) is 68.4 Å². The number of amides is 2. The van der Waals surface area contributed by atoms with Crippen molar-refractivity contribution < 1.29 is 28.6 Å². The lowest BCUT2D eigenvalue weighted by Crippen LogP contribution is -2.32. The van der Waals surface area contributed by atoms with Crippen LogP contribution in [0.2, 0.25) is 0 Å². The first-order valence-corrected chi connectivity index (χ1v) is 15.0. The molecule has 1 fully saturated rings. The third-order valence-electron chi connectivity index (χ3n) is 7.01. The Morgan fingerprint density at radius 2 is 1.70 bits per heavy atom. The van der Waals surface area contributed by atoms with Gasteiger partial charge in [0.25, 0.3) is 11.1 Å². The Balaban J connectivity index is 1.29. The molecule has 0 aliphatic carbocycles. The van der Waals surface area contributed by atoms with Crippen LogP contribution in [0.4, 0.5) is 4.79 Å². The molecule has 0 aromatic heterocycles. The number of benzene rings is 4. The van der Waals surface area contributed by atoms with Gasteiger partial charge in [-0.3, -0.25) is 14.5 Å². The number of aryl methyl sites for hydroxylation is 1. The van der Waals surface area contributed by atoms with E-state index in [1.165, 1.54) is 4.90 Å². The van der Waals surface area contributed by atoms with E-state index < -0.39 is 5.97 Å². The molecule has 8 heteroatoms. The molecular formula is C35H33NO6S. The highest BCUT2D eigenvalue weighted by Gasteiger charge is 2.35. The van der Waals surface area contributed by atoms with Gasteiger partial charge in [0.15, 0.2) is 11.5 Å². The summed E-state index contributed by atoms with van der Waals surface area (Å²) in [4.78, 5) is 40.5. The second-order valence-electron chi connectivity index (χ2n) is 10.4. The molecule has 1 aliphatic rings. The van der Waals surface area contributed by atoms with Crippen LogP contribution in [0.25, 0.3) is 16.8 Å². The quantitative estimate of drug-likeness (QED) is 0.104. The van der Waals surface area contributed by atoms with Gasteiger partial charge in [0.2, 0.25) is 0 Å². The van der Waals surface area contributed by atoms with E-state index in [-0.39, 0.29) is 36.0 Å². The van der Waals surface area contributed by atoms with Gasteiger partial charge in [-0.1, -0.05) is 68.4 Å². The molecule has 220 valence electrons. The first-order chi connectivity index (χ1) is 20.7. The zero-order valence-corrected chi connectivity index (χ0v) is 25.4. The van der Waals surface area contributed by atoms with Crippen molar-refractivity contribution in [2.24, 2.45) is 0 Å². The first-order valence-electron chi connectivity index (χ1n) is 14.2. The van der Waals surface area contributed by atoms with Gasteiger partial charge in [-0.25, -0.2) is 4.79 Å². The fraction of sp³-hybridized carbons (Fsp3) is 0.229. The van der Waals surface area contributed by atoms with Crippen LogP contribution in [0.15, 0.2) is 83.8 Å². The zero-order valence-electron chi connectivity index (χ0n) is 24.6. The van der Waals surface area contributed by atoms with Gasteiger partial charge in [-0.15, -0.1) is 0 Å². The molecule has 0 bridgehead atoms. The summed E-state index contributed by atoms with van der Waals surface area (Å²) < 4.78 is 17.5. The number of hydrogen-bond donors (Lipinski definition) is 0. The summed E-state index contributed by atoms with van der Waals surface area (Å²) in [7, 11) is 0. The van der Waals surface area contributed by atoms with E-state index in [0.29, 0.717) is 28.4 Å². The van der Waals surface area contributed by atoms with E-state index >= 15 is 0 Å². The fourth-order valence-corrected chi connectivity index (χ4v) is 5.72. The summed E-state index contributed by atoms with van der Waals surface area (Å²) >= 11 is 0.883. The average molecular weight is 596 g/mol. The predicted octanol–water partition coefficient (Wildman–Crippen LogP) is 8.00. The Labute approximate surface area is 255 Å². The molecule has 4 aromatic carbocycles. The Morgan fingerprint density at radius 1 is 0.907 bits per heavy atom. The summed E-state index contributed by atoms with van der Waals surface area (Å²) in [6.45, 7) is 8.70. The molecule has 0 N–H and O–H groups in total. The average Bonchev–Trinajstić information content (AvgIpc) is 3.25. The van der Waals surface area contributed by atoms with E-state index in [2.05, 4.69) is 13.8 Å². The van der Waals surface area contributed by atoms with Crippen molar-refractivity contribution in [3.05, 3.63) is 106 Å². The summed E-state index contributed by atoms with van der Waals surface area (Å²) in [5.41, 5.74) is 3.24. The van der Waals surface area contributed by atoms with Crippen LogP contribution < -0.4 is 14.2 Å². The molecule has 0 saturated carbocycles. The minimum atomic E-state index is -0.500. The lowest BCUT2D eigenvalue weighted by Gasteiger charge is -2.17. The molecule has 2 amide bonds. The lowest BCUT2D eigenvalue weighted by molar-refractivity contribution is -0.123. The molecule has 43 heavy (non-hydrogen) atoms. The molecule has 0 unspecified atom stereocenters. The molecule has 7 nitrogen and oxygen atoms in total. The highest BCUT2D eigenvalue weighted by Crippen LogP contribution is 2.35. The number of esters is 1. The molecule has 0 atom stereocenters. The predicted molar refractivity (Wildman–Crippen MR) is 170 cm³/mol. The minimum Gasteiger partial charge on any atom is -0.491 e.